The maximum absolute atomic E-state index is 12.5. The first-order valence-electron chi connectivity index (χ1n) is 24.0. The maximum Gasteiger partial charge on any atom is 0.149 e. The van der Waals surface area contributed by atoms with Crippen LogP contribution in [0.4, 0.5) is 0 Å². The van der Waals surface area contributed by atoms with E-state index in [4.69, 9.17) is 18.2 Å². The molecule has 0 amide bonds. The molecule has 0 spiro atoms. The highest BCUT2D eigenvalue weighted by Crippen LogP contribution is 2.45. The topological polar surface area (TPSA) is 50.9 Å². The smallest absolute Gasteiger partial charge is 0.149 e. The van der Waals surface area contributed by atoms with Gasteiger partial charge in [-0.2, -0.15) is 0 Å². The molecule has 9 rings (SSSR count). The molecular weight excluding hydrogens is 755 g/mol. The molecule has 4 nitrogen and oxygen atoms in total. The van der Waals surface area contributed by atoms with Crippen LogP contribution in [0.25, 0.3) is 83.9 Å². The molecule has 0 unspecified atom stereocenters. The van der Waals surface area contributed by atoms with Gasteiger partial charge in [-0.05, 0) is 129 Å². The molecule has 4 heteroatoms. The number of pyridine rings is 1. The van der Waals surface area contributed by atoms with E-state index in [0.29, 0.717) is 22.6 Å². The minimum atomic E-state index is -2.42. The van der Waals surface area contributed by atoms with Crippen LogP contribution in [0.5, 0.6) is 5.75 Å². The number of aryl methyl sites for hydroxylation is 2. The van der Waals surface area contributed by atoms with E-state index in [1.807, 2.05) is 108 Å². The molecule has 1 N–H and O–H groups in total. The number of phenolic OH excluding ortho intramolecular Hbond substituents is 1. The second-order valence-electron chi connectivity index (χ2n) is 18.2. The van der Waals surface area contributed by atoms with E-state index in [-0.39, 0.29) is 22.3 Å². The number of aromatic hydroxyl groups is 1. The van der Waals surface area contributed by atoms with Crippen molar-refractivity contribution < 1.29 is 13.3 Å². The van der Waals surface area contributed by atoms with E-state index in [1.54, 1.807) is 30.5 Å². The fourth-order valence-electron chi connectivity index (χ4n) is 8.28. The van der Waals surface area contributed by atoms with Crippen molar-refractivity contribution in [2.75, 3.05) is 0 Å². The number of nitrogens with zero attached hydrogens (tertiary/aromatic N) is 3. The normalized spacial score (nSPS) is 13.8. The number of imidazole rings is 1. The van der Waals surface area contributed by atoms with Gasteiger partial charge in [0.1, 0.15) is 11.6 Å². The lowest BCUT2D eigenvalue weighted by molar-refractivity contribution is 0.446. The summed E-state index contributed by atoms with van der Waals surface area (Å²) in [5.41, 5.74) is 12.7. The first-order valence-corrected chi connectivity index (χ1v) is 21.0. The predicted molar refractivity (Wildman–Crippen MR) is 260 cm³/mol. The van der Waals surface area contributed by atoms with E-state index >= 15 is 0 Å². The van der Waals surface area contributed by atoms with E-state index in [9.17, 15) is 5.11 Å². The monoisotopic (exact) mass is 813 g/mol. The first kappa shape index (κ1) is 33.7. The molecule has 62 heavy (non-hydrogen) atoms. The van der Waals surface area contributed by atoms with Gasteiger partial charge in [0.25, 0.3) is 0 Å². The zero-order chi connectivity index (χ0) is 48.3. The SMILES string of the molecule is [2H]C([2H])([2H])c1ccc(-c2ccnc(-c3cc(-c4ccccc4)cc(-c4cccc5c4nc(-c4cc(C(C)(C)C)cc(C(C)(C)C)c4O)n5-c4cc(-c5ccccc5)cc(C([2H])([2H])[2H])c4)c3)c2)cc1. The van der Waals surface area contributed by atoms with Crippen LogP contribution in [0.15, 0.2) is 170 Å². The molecule has 0 aliphatic carbocycles. The van der Waals surface area contributed by atoms with E-state index < -0.39 is 19.1 Å². The Kier molecular flexibility index (Phi) is 8.56. The van der Waals surface area contributed by atoms with Crippen LogP contribution in [0, 0.1) is 13.7 Å². The molecule has 0 saturated carbocycles. The highest BCUT2D eigenvalue weighted by Gasteiger charge is 2.29. The number of para-hydroxylation sites is 1. The summed E-state index contributed by atoms with van der Waals surface area (Å²) in [7, 11) is 0. The number of fused-ring (bicyclic) bond motifs is 1. The van der Waals surface area contributed by atoms with Crippen molar-refractivity contribution in [3.05, 3.63) is 192 Å². The summed E-state index contributed by atoms with van der Waals surface area (Å²) in [4.78, 5) is 10.4. The van der Waals surface area contributed by atoms with Crippen molar-refractivity contribution in [2.24, 2.45) is 0 Å². The lowest BCUT2D eigenvalue weighted by Crippen LogP contribution is -2.17. The minimum Gasteiger partial charge on any atom is -0.507 e. The van der Waals surface area contributed by atoms with Gasteiger partial charge in [0, 0.05) is 36.8 Å². The van der Waals surface area contributed by atoms with Crippen LogP contribution in [0.1, 0.15) is 72.0 Å². The van der Waals surface area contributed by atoms with Crippen molar-refractivity contribution >= 4 is 11.0 Å². The minimum absolute atomic E-state index is 0.117. The third-order valence-corrected chi connectivity index (χ3v) is 11.6. The zero-order valence-corrected chi connectivity index (χ0v) is 36.0. The van der Waals surface area contributed by atoms with Crippen molar-refractivity contribution in [1.29, 1.82) is 0 Å². The Morgan fingerprint density at radius 1 is 0.500 bits per heavy atom. The Bertz CT molecular complexity index is 3320. The molecule has 0 aliphatic heterocycles. The summed E-state index contributed by atoms with van der Waals surface area (Å²) < 4.78 is 51.4. The van der Waals surface area contributed by atoms with Crippen molar-refractivity contribution in [3.8, 4) is 78.6 Å². The standard InChI is InChI=1S/C58H53N3O/c1-37-22-24-41(25-23-37)42-26-27-59-52(34-42)46-31-44(40-18-13-10-14-19-40)30-45(32-46)49-20-15-21-53-54(49)60-56(50-35-47(57(3,4)5)36-51(55(50)62)58(6,7)8)61(53)48-29-38(2)28-43(33-48)39-16-11-9-12-17-39/h9-36,62H,1-8H3/i1D3,2D3. The first-order chi connectivity index (χ1) is 32.1. The van der Waals surface area contributed by atoms with Crippen LogP contribution < -0.4 is 0 Å². The van der Waals surface area contributed by atoms with Crippen LogP contribution in [-0.4, -0.2) is 19.6 Å². The Morgan fingerprint density at radius 3 is 1.81 bits per heavy atom. The van der Waals surface area contributed by atoms with E-state index in [0.717, 1.165) is 72.4 Å². The molecule has 0 aliphatic rings. The number of benzene rings is 7. The molecular formula is C58H53N3O. The summed E-state index contributed by atoms with van der Waals surface area (Å²) in [5, 5.41) is 12.5. The molecule has 7 aromatic carbocycles. The van der Waals surface area contributed by atoms with Crippen molar-refractivity contribution in [2.45, 2.75) is 66.1 Å². The maximum atomic E-state index is 12.5. The van der Waals surface area contributed by atoms with Gasteiger partial charge in [0.05, 0.1) is 22.3 Å². The van der Waals surface area contributed by atoms with Gasteiger partial charge >= 0.3 is 0 Å². The Balaban J connectivity index is 1.33. The van der Waals surface area contributed by atoms with Crippen molar-refractivity contribution in [3.63, 3.8) is 0 Å². The third-order valence-electron chi connectivity index (χ3n) is 11.6. The molecule has 2 heterocycles. The predicted octanol–water partition coefficient (Wildman–Crippen LogP) is 15.3. The number of hydrogen-bond donors (Lipinski definition) is 1. The second kappa shape index (κ2) is 15.8. The van der Waals surface area contributed by atoms with Gasteiger partial charge in [-0.3, -0.25) is 9.55 Å². The van der Waals surface area contributed by atoms with Crippen LogP contribution in [0.3, 0.4) is 0 Å². The van der Waals surface area contributed by atoms with Gasteiger partial charge in [0.2, 0.25) is 0 Å². The molecule has 0 atom stereocenters. The number of phenols is 1. The van der Waals surface area contributed by atoms with Crippen LogP contribution >= 0.6 is 0 Å². The molecule has 0 saturated heterocycles. The Hall–Kier alpha value is -7.04. The largest absolute Gasteiger partial charge is 0.507 e. The summed E-state index contributed by atoms with van der Waals surface area (Å²) >= 11 is 0. The molecule has 0 radical (unpaired) electrons. The lowest BCUT2D eigenvalue weighted by Gasteiger charge is -2.27. The summed E-state index contributed by atoms with van der Waals surface area (Å²) in [5.74, 6) is 0.591. The zero-order valence-electron chi connectivity index (χ0n) is 42.0. The number of hydrogen-bond acceptors (Lipinski definition) is 3. The van der Waals surface area contributed by atoms with Gasteiger partial charge in [-0.15, -0.1) is 0 Å². The second-order valence-corrected chi connectivity index (χ2v) is 18.2. The van der Waals surface area contributed by atoms with Crippen LogP contribution in [-0.2, 0) is 10.8 Å². The van der Waals surface area contributed by atoms with Gasteiger partial charge < -0.3 is 5.11 Å². The summed E-state index contributed by atoms with van der Waals surface area (Å²) in [6.45, 7) is 8.10. The van der Waals surface area contributed by atoms with E-state index in [1.165, 1.54) is 0 Å². The van der Waals surface area contributed by atoms with Gasteiger partial charge in [0.15, 0.2) is 0 Å². The lowest BCUT2D eigenvalue weighted by atomic mass is 9.79. The summed E-state index contributed by atoms with van der Waals surface area (Å²) in [6, 6.07) is 52.8. The molecule has 2 aromatic heterocycles. The third kappa shape index (κ3) is 7.85. The molecule has 306 valence electrons. The number of aromatic nitrogens is 3. The molecule has 9 aromatic rings. The van der Waals surface area contributed by atoms with Crippen molar-refractivity contribution in [1.82, 2.24) is 14.5 Å². The van der Waals surface area contributed by atoms with Crippen LogP contribution in [0.2, 0.25) is 0 Å². The van der Waals surface area contributed by atoms with Gasteiger partial charge in [-0.1, -0.05) is 156 Å². The van der Waals surface area contributed by atoms with E-state index in [2.05, 4.69) is 77.9 Å². The fourth-order valence-corrected chi connectivity index (χ4v) is 8.28. The Morgan fingerprint density at radius 2 is 1.15 bits per heavy atom. The van der Waals surface area contributed by atoms with Gasteiger partial charge in [-0.25, -0.2) is 4.98 Å². The fraction of sp³-hybridized carbons (Fsp3) is 0.172. The molecule has 0 bridgehead atoms. The highest BCUT2D eigenvalue weighted by molar-refractivity contribution is 5.98. The Labute approximate surface area is 374 Å². The quantitative estimate of drug-likeness (QED) is 0.174. The highest BCUT2D eigenvalue weighted by atomic mass is 16.3. The average Bonchev–Trinajstić information content (AvgIpc) is 3.70. The molecule has 0 fully saturated rings. The number of rotatable bonds is 7. The average molecular weight is 814 g/mol. The summed E-state index contributed by atoms with van der Waals surface area (Å²) in [6.07, 6.45) is 1.77.